The molecule has 3 atom stereocenters. The van der Waals surface area contributed by atoms with E-state index in [2.05, 4.69) is 22.3 Å². The maximum Gasteiger partial charge on any atom is 0.356 e. The number of amides is 3. The van der Waals surface area contributed by atoms with Crippen molar-refractivity contribution in [3.8, 4) is 5.75 Å². The Bertz CT molecular complexity index is 1550. The Balaban J connectivity index is 1.54. The molecule has 3 heterocycles. The number of hydrogen-bond donors (Lipinski definition) is 3. The fourth-order valence-electron chi connectivity index (χ4n) is 5.63. The van der Waals surface area contributed by atoms with E-state index in [0.29, 0.717) is 6.54 Å². The third-order valence-electron chi connectivity index (χ3n) is 7.67. The number of carbonyl (C=O) groups is 4. The number of fused-ring (bicyclic) bond motifs is 1. The standard InChI is InChI=1S/C33H36N6O6/c1-3-17-37-21-29(41)39-27(18-22-13-15-24(40)16-14-22)32(43)38(20-28(39)36-37)30(31(42)34-19-23-9-6-5-7-10-23)25-11-8-12-26(35-25)33(44)45-4-2/h3,5-16,27-28,30,36,40H,1,4,17-21H2,2H3,(H,34,42). The third-order valence-corrected chi connectivity index (χ3v) is 7.67. The van der Waals surface area contributed by atoms with E-state index in [1.165, 1.54) is 28.0 Å². The highest BCUT2D eigenvalue weighted by Gasteiger charge is 2.49. The number of aromatic hydroxyl groups is 1. The summed E-state index contributed by atoms with van der Waals surface area (Å²) in [7, 11) is 0. The lowest BCUT2D eigenvalue weighted by Gasteiger charge is -2.51. The van der Waals surface area contributed by atoms with Crippen LogP contribution >= 0.6 is 0 Å². The second-order valence-electron chi connectivity index (χ2n) is 10.8. The Morgan fingerprint density at radius 2 is 1.84 bits per heavy atom. The van der Waals surface area contributed by atoms with Gasteiger partial charge in [0.1, 0.15) is 23.7 Å². The monoisotopic (exact) mass is 612 g/mol. The van der Waals surface area contributed by atoms with Gasteiger partial charge in [-0.25, -0.2) is 20.2 Å². The van der Waals surface area contributed by atoms with Gasteiger partial charge in [0.2, 0.25) is 17.7 Å². The molecule has 2 aliphatic heterocycles. The Labute approximate surface area is 261 Å². The van der Waals surface area contributed by atoms with Gasteiger partial charge in [-0.3, -0.25) is 14.4 Å². The molecule has 0 spiro atoms. The zero-order chi connectivity index (χ0) is 31.9. The van der Waals surface area contributed by atoms with Crippen LogP contribution in [0, 0.1) is 0 Å². The average molecular weight is 613 g/mol. The maximum absolute atomic E-state index is 14.4. The number of rotatable bonds is 11. The number of phenols is 1. The van der Waals surface area contributed by atoms with E-state index in [4.69, 9.17) is 4.74 Å². The highest BCUT2D eigenvalue weighted by atomic mass is 16.5. The van der Waals surface area contributed by atoms with Gasteiger partial charge in [-0.15, -0.1) is 6.58 Å². The highest BCUT2D eigenvalue weighted by Crippen LogP contribution is 2.30. The molecule has 1 aromatic heterocycles. The second-order valence-corrected chi connectivity index (χ2v) is 10.8. The molecule has 2 fully saturated rings. The van der Waals surface area contributed by atoms with E-state index in [-0.39, 0.29) is 55.7 Å². The van der Waals surface area contributed by atoms with Crippen LogP contribution in [-0.2, 0) is 32.1 Å². The topological polar surface area (TPSA) is 144 Å². The molecule has 2 aromatic carbocycles. The van der Waals surface area contributed by atoms with Gasteiger partial charge in [0.25, 0.3) is 0 Å². The summed E-state index contributed by atoms with van der Waals surface area (Å²) in [6.07, 6.45) is 1.15. The van der Waals surface area contributed by atoms with Gasteiger partial charge in [0.05, 0.1) is 25.4 Å². The zero-order valence-electron chi connectivity index (χ0n) is 25.0. The first-order valence-corrected chi connectivity index (χ1v) is 14.8. The first kappa shape index (κ1) is 31.4. The van der Waals surface area contributed by atoms with Gasteiger partial charge in [0.15, 0.2) is 6.04 Å². The predicted octanol–water partition coefficient (Wildman–Crippen LogP) is 1.94. The lowest BCUT2D eigenvalue weighted by molar-refractivity contribution is -0.171. The molecule has 234 valence electrons. The van der Waals surface area contributed by atoms with Crippen molar-refractivity contribution >= 4 is 23.7 Å². The quantitative estimate of drug-likeness (QED) is 0.219. The van der Waals surface area contributed by atoms with E-state index in [1.807, 2.05) is 30.3 Å². The summed E-state index contributed by atoms with van der Waals surface area (Å²) in [6, 6.07) is 18.2. The van der Waals surface area contributed by atoms with Crippen LogP contribution in [0.1, 0.15) is 40.3 Å². The molecule has 3 aromatic rings. The molecule has 5 rings (SSSR count). The molecule has 0 saturated carbocycles. The SMILES string of the molecule is C=CCN1CC(=O)N2C(CN(C(C(=O)NCc3ccccc3)c3cccc(C(=O)OCC)n3)C(=O)C2Cc2ccc(O)cc2)N1. The molecular formula is C33H36N6O6. The number of benzene rings is 2. The van der Waals surface area contributed by atoms with E-state index in [1.54, 1.807) is 42.3 Å². The lowest BCUT2D eigenvalue weighted by Crippen LogP contribution is -2.75. The Kier molecular flexibility index (Phi) is 9.86. The fraction of sp³-hybridized carbons (Fsp3) is 0.303. The maximum atomic E-state index is 14.4. The summed E-state index contributed by atoms with van der Waals surface area (Å²) in [4.78, 5) is 62.0. The fourth-order valence-corrected chi connectivity index (χ4v) is 5.63. The van der Waals surface area contributed by atoms with Crippen molar-refractivity contribution in [3.63, 3.8) is 0 Å². The smallest absolute Gasteiger partial charge is 0.356 e. The highest BCUT2D eigenvalue weighted by molar-refractivity contribution is 5.95. The van der Waals surface area contributed by atoms with Crippen molar-refractivity contribution < 1.29 is 29.0 Å². The normalized spacial score (nSPS) is 19.0. The van der Waals surface area contributed by atoms with Gasteiger partial charge >= 0.3 is 5.97 Å². The largest absolute Gasteiger partial charge is 0.508 e. The number of piperazine rings is 1. The number of hydrogen-bond acceptors (Lipinski definition) is 9. The average Bonchev–Trinajstić information content (AvgIpc) is 3.04. The molecule has 3 N–H and O–H groups in total. The summed E-state index contributed by atoms with van der Waals surface area (Å²) in [5, 5.41) is 14.4. The number of hydrazine groups is 1. The third kappa shape index (κ3) is 7.19. The predicted molar refractivity (Wildman–Crippen MR) is 164 cm³/mol. The van der Waals surface area contributed by atoms with Crippen LogP contribution in [0.15, 0.2) is 85.5 Å². The molecule has 12 heteroatoms. The van der Waals surface area contributed by atoms with E-state index >= 15 is 0 Å². The summed E-state index contributed by atoms with van der Waals surface area (Å²) < 4.78 is 5.14. The summed E-state index contributed by atoms with van der Waals surface area (Å²) in [5.41, 5.74) is 5.09. The molecule has 0 aliphatic carbocycles. The van der Waals surface area contributed by atoms with Gasteiger partial charge < -0.3 is 25.0 Å². The first-order chi connectivity index (χ1) is 21.8. The van der Waals surface area contributed by atoms with Crippen molar-refractivity contribution in [2.24, 2.45) is 0 Å². The summed E-state index contributed by atoms with van der Waals surface area (Å²) >= 11 is 0. The number of ether oxygens (including phenoxy) is 1. The van der Waals surface area contributed by atoms with Crippen molar-refractivity contribution in [3.05, 3.63) is 108 Å². The molecule has 3 unspecified atom stereocenters. The molecular weight excluding hydrogens is 576 g/mol. The minimum Gasteiger partial charge on any atom is -0.508 e. The van der Waals surface area contributed by atoms with Crippen LogP contribution in [-0.4, -0.2) is 87.0 Å². The lowest BCUT2D eigenvalue weighted by atomic mass is 9.96. The van der Waals surface area contributed by atoms with Crippen LogP contribution in [0.25, 0.3) is 0 Å². The molecule has 12 nitrogen and oxygen atoms in total. The van der Waals surface area contributed by atoms with Gasteiger partial charge in [-0.1, -0.05) is 54.6 Å². The van der Waals surface area contributed by atoms with Crippen molar-refractivity contribution in [2.45, 2.75) is 38.1 Å². The van der Waals surface area contributed by atoms with E-state index in [0.717, 1.165) is 11.1 Å². The Hall–Kier alpha value is -5.07. The van der Waals surface area contributed by atoms with Crippen LogP contribution < -0.4 is 10.7 Å². The number of pyridine rings is 1. The number of aromatic nitrogens is 1. The number of carbonyl (C=O) groups excluding carboxylic acids is 4. The van der Waals surface area contributed by atoms with Gasteiger partial charge in [-0.2, -0.15) is 0 Å². The molecule has 2 aliphatic rings. The van der Waals surface area contributed by atoms with Gasteiger partial charge in [-0.05, 0) is 42.3 Å². The molecule has 3 amide bonds. The van der Waals surface area contributed by atoms with Crippen molar-refractivity contribution in [2.75, 3.05) is 26.2 Å². The second kappa shape index (κ2) is 14.1. The molecule has 0 radical (unpaired) electrons. The molecule has 2 saturated heterocycles. The Morgan fingerprint density at radius 1 is 1.09 bits per heavy atom. The number of phenolic OH excluding ortho intramolecular Hbond substituents is 1. The molecule has 0 bridgehead atoms. The minimum absolute atomic E-state index is 0.00469. The zero-order valence-corrected chi connectivity index (χ0v) is 25.0. The number of nitrogens with one attached hydrogen (secondary N) is 2. The van der Waals surface area contributed by atoms with Crippen molar-refractivity contribution in [1.29, 1.82) is 0 Å². The van der Waals surface area contributed by atoms with E-state index in [9.17, 15) is 24.3 Å². The van der Waals surface area contributed by atoms with Crippen LogP contribution in [0.2, 0.25) is 0 Å². The Morgan fingerprint density at radius 3 is 2.56 bits per heavy atom. The number of esters is 1. The molecule has 45 heavy (non-hydrogen) atoms. The minimum atomic E-state index is -1.23. The first-order valence-electron chi connectivity index (χ1n) is 14.8. The summed E-state index contributed by atoms with van der Waals surface area (Å²) in [5.74, 6) is -1.77. The van der Waals surface area contributed by atoms with Crippen LogP contribution in [0.5, 0.6) is 5.75 Å². The van der Waals surface area contributed by atoms with Gasteiger partial charge in [0, 0.05) is 19.5 Å². The van der Waals surface area contributed by atoms with Crippen LogP contribution in [0.3, 0.4) is 0 Å². The summed E-state index contributed by atoms with van der Waals surface area (Å²) in [6.45, 7) is 6.19. The van der Waals surface area contributed by atoms with Crippen LogP contribution in [0.4, 0.5) is 0 Å². The van der Waals surface area contributed by atoms with Crippen molar-refractivity contribution in [1.82, 2.24) is 30.5 Å². The number of nitrogens with zero attached hydrogens (tertiary/aromatic N) is 4. The van der Waals surface area contributed by atoms with E-state index < -0.39 is 36.0 Å².